The molecule has 4 rings (SSSR count). The normalized spacial score (nSPS) is 10.8. The molecular weight excluding hydrogens is 525 g/mol. The van der Waals surface area contributed by atoms with Crippen LogP contribution in [0.5, 0.6) is 0 Å². The minimum atomic E-state index is -0.520. The molecule has 2 aromatic heterocycles. The molecular formula is C27H28N4O3S3. The van der Waals surface area contributed by atoms with Crippen molar-refractivity contribution in [2.45, 2.75) is 27.7 Å². The van der Waals surface area contributed by atoms with E-state index in [1.165, 1.54) is 24.0 Å². The fourth-order valence-electron chi connectivity index (χ4n) is 3.92. The molecule has 10 heteroatoms. The van der Waals surface area contributed by atoms with Crippen LogP contribution in [-0.2, 0) is 4.74 Å². The number of fused-ring (bicyclic) bond motifs is 1. The first-order valence-corrected chi connectivity index (χ1v) is 13.9. The molecule has 192 valence electrons. The number of nitrogens with one attached hydrogen (secondary N) is 2. The van der Waals surface area contributed by atoms with E-state index in [0.29, 0.717) is 39.2 Å². The first-order chi connectivity index (χ1) is 17.7. The average molecular weight is 553 g/mol. The summed E-state index contributed by atoms with van der Waals surface area (Å²) in [4.78, 5) is 32.5. The maximum absolute atomic E-state index is 13.0. The van der Waals surface area contributed by atoms with Crippen LogP contribution in [0.25, 0.3) is 20.8 Å². The molecule has 2 heterocycles. The van der Waals surface area contributed by atoms with Gasteiger partial charge in [-0.15, -0.1) is 22.7 Å². The lowest BCUT2D eigenvalue weighted by Crippen LogP contribution is -2.30. The zero-order valence-electron chi connectivity index (χ0n) is 21.3. The van der Waals surface area contributed by atoms with Crippen LogP contribution in [0.2, 0.25) is 0 Å². The number of thiocarbonyl (C=S) groups is 1. The maximum Gasteiger partial charge on any atom is 0.341 e. The Bertz CT molecular complexity index is 1470. The lowest BCUT2D eigenvalue weighted by Gasteiger charge is -2.17. The number of aryl methyl sites for hydroxylation is 1. The Morgan fingerprint density at radius 3 is 2.38 bits per heavy atom. The molecule has 2 aromatic carbocycles. The molecule has 7 nitrogen and oxygen atoms in total. The third-order valence-electron chi connectivity index (χ3n) is 5.94. The highest BCUT2D eigenvalue weighted by molar-refractivity contribution is 7.80. The van der Waals surface area contributed by atoms with Crippen molar-refractivity contribution >= 4 is 72.8 Å². The van der Waals surface area contributed by atoms with Gasteiger partial charge in [0, 0.05) is 24.3 Å². The molecule has 1 amide bonds. The summed E-state index contributed by atoms with van der Waals surface area (Å²) in [5.74, 6) is -0.641. The van der Waals surface area contributed by atoms with Crippen molar-refractivity contribution < 1.29 is 14.3 Å². The predicted molar refractivity (Wildman–Crippen MR) is 157 cm³/mol. The van der Waals surface area contributed by atoms with E-state index in [1.807, 2.05) is 44.2 Å². The van der Waals surface area contributed by atoms with Crippen molar-refractivity contribution in [3.8, 4) is 10.6 Å². The molecule has 0 aliphatic carbocycles. The van der Waals surface area contributed by atoms with Crippen molar-refractivity contribution in [2.75, 3.05) is 30.8 Å². The van der Waals surface area contributed by atoms with E-state index in [-0.39, 0.29) is 5.91 Å². The number of carbonyl (C=O) groups is 2. The molecule has 0 atom stereocenters. The number of aromatic nitrogens is 1. The zero-order valence-corrected chi connectivity index (χ0v) is 23.7. The molecule has 0 saturated heterocycles. The molecule has 2 N–H and O–H groups in total. The zero-order chi connectivity index (χ0) is 26.7. The van der Waals surface area contributed by atoms with Crippen LogP contribution in [0, 0.1) is 13.8 Å². The van der Waals surface area contributed by atoms with E-state index < -0.39 is 5.97 Å². The highest BCUT2D eigenvalue weighted by atomic mass is 32.1. The van der Waals surface area contributed by atoms with Gasteiger partial charge in [-0.3, -0.25) is 4.79 Å². The number of anilines is 2. The second-order valence-corrected chi connectivity index (χ2v) is 10.8. The number of nitrogens with zero attached hydrogens (tertiary/aromatic N) is 2. The smallest absolute Gasteiger partial charge is 0.341 e. The Kier molecular flexibility index (Phi) is 8.21. The van der Waals surface area contributed by atoms with Gasteiger partial charge in [-0.05, 0) is 87.4 Å². The number of carbonyl (C=O) groups excluding carboxylic acids is 2. The van der Waals surface area contributed by atoms with Gasteiger partial charge in [0.05, 0.1) is 27.8 Å². The van der Waals surface area contributed by atoms with Gasteiger partial charge in [0.2, 0.25) is 0 Å². The number of thiazole rings is 1. The van der Waals surface area contributed by atoms with Crippen LogP contribution in [0.1, 0.15) is 45.0 Å². The summed E-state index contributed by atoms with van der Waals surface area (Å²) in [6.07, 6.45) is 0. The molecule has 37 heavy (non-hydrogen) atoms. The Morgan fingerprint density at radius 1 is 1.03 bits per heavy atom. The number of esters is 1. The molecule has 0 bridgehead atoms. The Labute approximate surface area is 229 Å². The molecule has 0 aliphatic rings. The predicted octanol–water partition coefficient (Wildman–Crippen LogP) is 6.72. The topological polar surface area (TPSA) is 83.6 Å². The van der Waals surface area contributed by atoms with Crippen molar-refractivity contribution in [2.24, 2.45) is 0 Å². The number of ether oxygens (including phenoxy) is 1. The maximum atomic E-state index is 13.0. The number of hydrogen-bond donors (Lipinski definition) is 2. The van der Waals surface area contributed by atoms with Crippen molar-refractivity contribution in [3.05, 3.63) is 64.0 Å². The minimum Gasteiger partial charge on any atom is -0.465 e. The molecule has 0 radical (unpaired) electrons. The largest absolute Gasteiger partial charge is 0.465 e. The minimum absolute atomic E-state index is 0.120. The SMILES string of the molecule is CCN(CC)C(=O)c1sc(NC(=S)Nc2ccc(-c3nc4ccc(C)cc4s3)cc2)c(C(=O)OC)c1C. The molecule has 0 fully saturated rings. The highest BCUT2D eigenvalue weighted by Crippen LogP contribution is 2.35. The number of methoxy groups -OCH3 is 1. The fourth-order valence-corrected chi connectivity index (χ4v) is 6.45. The van der Waals surface area contributed by atoms with Crippen molar-refractivity contribution in [1.29, 1.82) is 0 Å². The summed E-state index contributed by atoms with van der Waals surface area (Å²) in [6, 6.07) is 14.1. The first-order valence-electron chi connectivity index (χ1n) is 11.8. The average Bonchev–Trinajstić information content (AvgIpc) is 3.45. The molecule has 0 aliphatic heterocycles. The van der Waals surface area contributed by atoms with E-state index in [2.05, 4.69) is 29.7 Å². The lowest BCUT2D eigenvalue weighted by molar-refractivity contribution is 0.0601. The van der Waals surface area contributed by atoms with Gasteiger partial charge in [-0.1, -0.05) is 6.07 Å². The molecule has 0 spiro atoms. The van der Waals surface area contributed by atoms with Gasteiger partial charge in [-0.2, -0.15) is 0 Å². The van der Waals surface area contributed by atoms with Crippen LogP contribution in [0.15, 0.2) is 42.5 Å². The quantitative estimate of drug-likeness (QED) is 0.195. The van der Waals surface area contributed by atoms with Gasteiger partial charge < -0.3 is 20.3 Å². The fraction of sp³-hybridized carbons (Fsp3) is 0.259. The van der Waals surface area contributed by atoms with E-state index >= 15 is 0 Å². The van der Waals surface area contributed by atoms with Crippen LogP contribution in [-0.4, -0.2) is 47.1 Å². The van der Waals surface area contributed by atoms with Gasteiger partial charge in [0.15, 0.2) is 5.11 Å². The number of rotatable bonds is 7. The molecule has 4 aromatic rings. The summed E-state index contributed by atoms with van der Waals surface area (Å²) in [5.41, 5.74) is 4.90. The second kappa shape index (κ2) is 11.4. The third-order valence-corrected chi connectivity index (χ3v) is 8.41. The summed E-state index contributed by atoms with van der Waals surface area (Å²) >= 11 is 8.39. The number of hydrogen-bond acceptors (Lipinski definition) is 7. The summed E-state index contributed by atoms with van der Waals surface area (Å²) in [7, 11) is 1.32. The summed E-state index contributed by atoms with van der Waals surface area (Å²) in [5, 5.41) is 7.97. The van der Waals surface area contributed by atoms with Crippen LogP contribution >= 0.6 is 34.9 Å². The second-order valence-electron chi connectivity index (χ2n) is 8.38. The molecule has 0 saturated carbocycles. The van der Waals surface area contributed by atoms with E-state index in [0.717, 1.165) is 26.5 Å². The highest BCUT2D eigenvalue weighted by Gasteiger charge is 2.27. The number of benzene rings is 2. The Morgan fingerprint density at radius 2 is 1.73 bits per heavy atom. The van der Waals surface area contributed by atoms with E-state index in [4.69, 9.17) is 21.9 Å². The summed E-state index contributed by atoms with van der Waals surface area (Å²) in [6.45, 7) is 8.83. The summed E-state index contributed by atoms with van der Waals surface area (Å²) < 4.78 is 6.14. The Balaban J connectivity index is 1.52. The van der Waals surface area contributed by atoms with E-state index in [1.54, 1.807) is 23.2 Å². The van der Waals surface area contributed by atoms with Gasteiger partial charge in [0.1, 0.15) is 10.0 Å². The van der Waals surface area contributed by atoms with Gasteiger partial charge in [-0.25, -0.2) is 9.78 Å². The standard InChI is InChI=1S/C27H28N4O3S3/c1-6-31(7-2)25(32)22-16(4)21(26(33)34-5)24(37-22)30-27(35)28-18-11-9-17(10-12-18)23-29-19-13-8-15(3)14-20(19)36-23/h8-14H,6-7H2,1-5H3,(H2,28,30,35). The van der Waals surface area contributed by atoms with Crippen LogP contribution in [0.3, 0.4) is 0 Å². The Hall–Kier alpha value is -3.34. The van der Waals surface area contributed by atoms with Gasteiger partial charge >= 0.3 is 5.97 Å². The first kappa shape index (κ1) is 26.7. The third kappa shape index (κ3) is 5.66. The lowest BCUT2D eigenvalue weighted by atomic mass is 10.1. The van der Waals surface area contributed by atoms with Gasteiger partial charge in [0.25, 0.3) is 5.91 Å². The van der Waals surface area contributed by atoms with Crippen molar-refractivity contribution in [3.63, 3.8) is 0 Å². The van der Waals surface area contributed by atoms with Crippen LogP contribution in [0.4, 0.5) is 10.7 Å². The van der Waals surface area contributed by atoms with Crippen LogP contribution < -0.4 is 10.6 Å². The molecule has 0 unspecified atom stereocenters. The van der Waals surface area contributed by atoms with E-state index in [9.17, 15) is 9.59 Å². The van der Waals surface area contributed by atoms with Crippen molar-refractivity contribution in [1.82, 2.24) is 9.88 Å². The monoisotopic (exact) mass is 552 g/mol. The number of amides is 1. The number of thiophene rings is 1.